The highest BCUT2D eigenvalue weighted by Gasteiger charge is 2.31. The van der Waals surface area contributed by atoms with Gasteiger partial charge in [0.25, 0.3) is 0 Å². The van der Waals surface area contributed by atoms with Crippen LogP contribution in [0.3, 0.4) is 0 Å². The molecule has 2 nitrogen and oxygen atoms in total. The van der Waals surface area contributed by atoms with Crippen molar-refractivity contribution >= 4 is 0 Å². The van der Waals surface area contributed by atoms with Gasteiger partial charge in [-0.25, -0.2) is 0 Å². The Balaban J connectivity index is 2.53. The number of ether oxygens (including phenoxy) is 1. The first-order valence-electron chi connectivity index (χ1n) is 5.56. The minimum absolute atomic E-state index is 0.0134. The summed E-state index contributed by atoms with van der Waals surface area (Å²) in [5, 5.41) is 0. The van der Waals surface area contributed by atoms with Crippen LogP contribution in [-0.4, -0.2) is 18.8 Å². The fraction of sp³-hybridized carbons (Fsp3) is 1.00. The first-order chi connectivity index (χ1) is 6.22. The van der Waals surface area contributed by atoms with E-state index in [0.717, 1.165) is 25.4 Å². The molecule has 2 atom stereocenters. The third kappa shape index (κ3) is 2.96. The summed E-state index contributed by atoms with van der Waals surface area (Å²) < 4.78 is 5.82. The molecule has 2 unspecified atom stereocenters. The molecule has 0 spiro atoms. The molecule has 0 saturated heterocycles. The van der Waals surface area contributed by atoms with E-state index in [0.29, 0.717) is 6.54 Å². The second kappa shape index (κ2) is 4.97. The summed E-state index contributed by atoms with van der Waals surface area (Å²) in [6.45, 7) is 5.88. The van der Waals surface area contributed by atoms with Gasteiger partial charge in [0.1, 0.15) is 0 Å². The van der Waals surface area contributed by atoms with Crippen molar-refractivity contribution < 1.29 is 4.74 Å². The van der Waals surface area contributed by atoms with Crippen LogP contribution in [0.25, 0.3) is 0 Å². The fourth-order valence-electron chi connectivity index (χ4n) is 2.27. The van der Waals surface area contributed by atoms with Gasteiger partial charge in [-0.05, 0) is 32.1 Å². The summed E-state index contributed by atoms with van der Waals surface area (Å²) >= 11 is 0. The molecule has 0 aliphatic heterocycles. The zero-order chi connectivity index (χ0) is 9.73. The Labute approximate surface area is 81.8 Å². The summed E-state index contributed by atoms with van der Waals surface area (Å²) in [6, 6.07) is 0. The highest BCUT2D eigenvalue weighted by molar-refractivity contribution is 4.85. The van der Waals surface area contributed by atoms with Crippen LogP contribution in [0, 0.1) is 5.92 Å². The molecule has 78 valence electrons. The molecule has 1 fully saturated rings. The molecule has 0 bridgehead atoms. The molecule has 0 radical (unpaired) electrons. The van der Waals surface area contributed by atoms with Crippen LogP contribution >= 0.6 is 0 Å². The van der Waals surface area contributed by atoms with E-state index >= 15 is 0 Å². The van der Waals surface area contributed by atoms with Gasteiger partial charge >= 0.3 is 0 Å². The molecule has 1 rings (SSSR count). The lowest BCUT2D eigenvalue weighted by molar-refractivity contribution is -0.0435. The Morgan fingerprint density at radius 1 is 1.38 bits per heavy atom. The molecule has 2 N–H and O–H groups in total. The van der Waals surface area contributed by atoms with Crippen LogP contribution in [0.5, 0.6) is 0 Å². The normalized spacial score (nSPS) is 35.8. The Bertz CT molecular complexity index is 149. The maximum absolute atomic E-state index is 5.82. The topological polar surface area (TPSA) is 35.2 Å². The molecule has 0 heterocycles. The summed E-state index contributed by atoms with van der Waals surface area (Å²) in [5.74, 6) is 0.855. The highest BCUT2D eigenvalue weighted by atomic mass is 16.5. The van der Waals surface area contributed by atoms with Crippen molar-refractivity contribution in [1.29, 1.82) is 0 Å². The van der Waals surface area contributed by atoms with Gasteiger partial charge in [0.2, 0.25) is 0 Å². The van der Waals surface area contributed by atoms with Crippen molar-refractivity contribution in [2.24, 2.45) is 11.7 Å². The van der Waals surface area contributed by atoms with E-state index in [1.807, 2.05) is 0 Å². The van der Waals surface area contributed by atoms with Crippen molar-refractivity contribution in [2.75, 3.05) is 13.2 Å². The summed E-state index contributed by atoms with van der Waals surface area (Å²) in [6.07, 6.45) is 6.20. The van der Waals surface area contributed by atoms with Gasteiger partial charge in [-0.15, -0.1) is 0 Å². The zero-order valence-corrected chi connectivity index (χ0v) is 9.01. The lowest BCUT2D eigenvalue weighted by Gasteiger charge is -2.31. The van der Waals surface area contributed by atoms with Crippen LogP contribution in [0.15, 0.2) is 0 Å². The number of hydrogen-bond acceptors (Lipinski definition) is 2. The van der Waals surface area contributed by atoms with Crippen LogP contribution in [-0.2, 0) is 4.74 Å². The molecule has 1 aliphatic rings. The lowest BCUT2D eigenvalue weighted by Crippen LogP contribution is -2.40. The van der Waals surface area contributed by atoms with E-state index in [9.17, 15) is 0 Å². The van der Waals surface area contributed by atoms with Crippen molar-refractivity contribution in [3.05, 3.63) is 0 Å². The van der Waals surface area contributed by atoms with E-state index in [4.69, 9.17) is 10.5 Å². The number of hydrogen-bond donors (Lipinski definition) is 1. The van der Waals surface area contributed by atoms with Crippen molar-refractivity contribution in [1.82, 2.24) is 0 Å². The van der Waals surface area contributed by atoms with Gasteiger partial charge in [0.15, 0.2) is 0 Å². The maximum Gasteiger partial charge on any atom is 0.0804 e. The average Bonchev–Trinajstić information content (AvgIpc) is 2.30. The molecule has 2 heteroatoms. The molecule has 0 aromatic rings. The van der Waals surface area contributed by atoms with Crippen molar-refractivity contribution in [2.45, 2.75) is 51.6 Å². The van der Waals surface area contributed by atoms with Gasteiger partial charge < -0.3 is 10.5 Å². The molecule has 0 aromatic carbocycles. The van der Waals surface area contributed by atoms with Crippen molar-refractivity contribution in [3.63, 3.8) is 0 Å². The number of nitrogens with two attached hydrogens (primary N) is 1. The largest absolute Gasteiger partial charge is 0.374 e. The Kier molecular flexibility index (Phi) is 4.20. The Morgan fingerprint density at radius 3 is 2.77 bits per heavy atom. The van der Waals surface area contributed by atoms with E-state index in [1.54, 1.807) is 0 Å². The number of rotatable bonds is 3. The molecular weight excluding hydrogens is 162 g/mol. The van der Waals surface area contributed by atoms with Crippen LogP contribution in [0.1, 0.15) is 46.0 Å². The van der Waals surface area contributed by atoms with Gasteiger partial charge in [-0.2, -0.15) is 0 Å². The summed E-state index contributed by atoms with van der Waals surface area (Å²) in [4.78, 5) is 0. The third-order valence-corrected chi connectivity index (χ3v) is 3.24. The lowest BCUT2D eigenvalue weighted by atomic mass is 9.93. The summed E-state index contributed by atoms with van der Waals surface area (Å²) in [7, 11) is 0. The van der Waals surface area contributed by atoms with E-state index in [-0.39, 0.29) is 5.60 Å². The quantitative estimate of drug-likeness (QED) is 0.685. The summed E-state index contributed by atoms with van der Waals surface area (Å²) in [5.41, 5.74) is 5.83. The van der Waals surface area contributed by atoms with Crippen molar-refractivity contribution in [3.8, 4) is 0 Å². The first kappa shape index (κ1) is 11.0. The monoisotopic (exact) mass is 185 g/mol. The van der Waals surface area contributed by atoms with E-state index < -0.39 is 0 Å². The minimum Gasteiger partial charge on any atom is -0.374 e. The van der Waals surface area contributed by atoms with Gasteiger partial charge in [0, 0.05) is 13.2 Å². The average molecular weight is 185 g/mol. The second-order valence-electron chi connectivity index (χ2n) is 4.36. The van der Waals surface area contributed by atoms with Crippen LogP contribution in [0.4, 0.5) is 0 Å². The smallest absolute Gasteiger partial charge is 0.0804 e. The molecule has 1 saturated carbocycles. The highest BCUT2D eigenvalue weighted by Crippen LogP contribution is 2.32. The predicted molar refractivity (Wildman–Crippen MR) is 55.7 cm³/mol. The second-order valence-corrected chi connectivity index (χ2v) is 4.36. The van der Waals surface area contributed by atoms with E-state index in [1.165, 1.54) is 19.3 Å². The van der Waals surface area contributed by atoms with Crippen LogP contribution in [0.2, 0.25) is 0 Å². The SMILES string of the molecule is CCOC1(CN)CCCC(C)CC1. The van der Waals surface area contributed by atoms with E-state index in [2.05, 4.69) is 13.8 Å². The third-order valence-electron chi connectivity index (χ3n) is 3.24. The van der Waals surface area contributed by atoms with Gasteiger partial charge in [-0.3, -0.25) is 0 Å². The Morgan fingerprint density at radius 2 is 2.15 bits per heavy atom. The predicted octanol–water partition coefficient (Wildman–Crippen LogP) is 2.32. The fourth-order valence-corrected chi connectivity index (χ4v) is 2.27. The molecule has 13 heavy (non-hydrogen) atoms. The molecule has 0 amide bonds. The van der Waals surface area contributed by atoms with Gasteiger partial charge in [-0.1, -0.05) is 19.8 Å². The van der Waals surface area contributed by atoms with Gasteiger partial charge in [0.05, 0.1) is 5.60 Å². The molecule has 1 aliphatic carbocycles. The Hall–Kier alpha value is -0.0800. The first-order valence-corrected chi connectivity index (χ1v) is 5.56. The molecule has 0 aromatic heterocycles. The van der Waals surface area contributed by atoms with Crippen LogP contribution < -0.4 is 5.73 Å². The zero-order valence-electron chi connectivity index (χ0n) is 9.01. The minimum atomic E-state index is 0.0134. The standard InChI is InChI=1S/C11H23NO/c1-3-13-11(9-12)7-4-5-10(2)6-8-11/h10H,3-9,12H2,1-2H3. The molecular formula is C11H23NO. The maximum atomic E-state index is 5.82.